The van der Waals surface area contributed by atoms with Crippen molar-refractivity contribution in [2.45, 2.75) is 0 Å². The summed E-state index contributed by atoms with van der Waals surface area (Å²) >= 11 is 0. The Morgan fingerprint density at radius 2 is 0.788 bits per heavy atom. The van der Waals surface area contributed by atoms with Crippen LogP contribution in [0.3, 0.4) is 0 Å². The fourth-order valence-electron chi connectivity index (χ4n) is 2.22. The first-order chi connectivity index (χ1) is 15.1. The highest BCUT2D eigenvalue weighted by Crippen LogP contribution is 2.09. The lowest BCUT2D eigenvalue weighted by Gasteiger charge is -2.42. The van der Waals surface area contributed by atoms with Gasteiger partial charge >= 0.3 is 0 Å². The number of carbonyl (C=O) groups excluding carboxylic acids is 3. The molecule has 186 valence electrons. The van der Waals surface area contributed by atoms with Gasteiger partial charge in [-0.05, 0) is 0 Å². The van der Waals surface area contributed by atoms with Gasteiger partial charge in [0.15, 0.2) is 0 Å². The summed E-state index contributed by atoms with van der Waals surface area (Å²) in [5, 5.41) is 1.75. The minimum Gasteiger partial charge on any atom is -0.306 e. The van der Waals surface area contributed by atoms with Crippen molar-refractivity contribution in [3.05, 3.63) is 36.0 Å². The summed E-state index contributed by atoms with van der Waals surface area (Å²) in [5.74, 6) is -2.47. The maximum absolute atomic E-state index is 12.5. The molecule has 0 aromatic heterocycles. The van der Waals surface area contributed by atoms with Crippen molar-refractivity contribution in [1.82, 2.24) is 28.9 Å². The molecule has 1 aliphatic heterocycles. The Bertz CT molecular complexity index is 983. The number of hydrogen-bond acceptors (Lipinski definition) is 9. The summed E-state index contributed by atoms with van der Waals surface area (Å²) in [7, 11) is -11.8. The number of nitrogens with one attached hydrogen (secondary N) is 3. The summed E-state index contributed by atoms with van der Waals surface area (Å²) < 4.78 is 74.7. The molecular weight excluding hydrogens is 504 g/mol. The number of hydrogen-bond donors (Lipinski definition) is 3. The molecule has 1 saturated heterocycles. The second-order valence-corrected chi connectivity index (χ2v) is 11.5. The molecular formula is C15H24N6O9S3. The third-order valence-corrected chi connectivity index (χ3v) is 6.97. The molecule has 1 aliphatic rings. The van der Waals surface area contributed by atoms with E-state index in [0.29, 0.717) is 16.2 Å². The largest absolute Gasteiger partial charge is 0.306 e. The molecule has 0 radical (unpaired) electrons. The van der Waals surface area contributed by atoms with Crippen molar-refractivity contribution < 1.29 is 39.6 Å². The second kappa shape index (κ2) is 11.5. The van der Waals surface area contributed by atoms with Crippen LogP contribution in [0.2, 0.25) is 0 Å². The Morgan fingerprint density at radius 1 is 0.576 bits per heavy atom. The van der Waals surface area contributed by atoms with Crippen molar-refractivity contribution in [2.24, 2.45) is 0 Å². The van der Waals surface area contributed by atoms with E-state index in [1.54, 1.807) is 0 Å². The van der Waals surface area contributed by atoms with Crippen LogP contribution in [0.5, 0.6) is 0 Å². The molecule has 0 aliphatic carbocycles. The lowest BCUT2D eigenvalue weighted by molar-refractivity contribution is -0.157. The van der Waals surface area contributed by atoms with Gasteiger partial charge in [0.05, 0.1) is 39.6 Å². The molecule has 0 atom stereocenters. The van der Waals surface area contributed by atoms with Gasteiger partial charge in [-0.1, -0.05) is 19.7 Å². The zero-order chi connectivity index (χ0) is 25.4. The summed E-state index contributed by atoms with van der Waals surface area (Å²) in [6.07, 6.45) is 0. The van der Waals surface area contributed by atoms with Crippen LogP contribution in [-0.2, 0) is 44.5 Å². The van der Waals surface area contributed by atoms with E-state index in [4.69, 9.17) is 0 Å². The smallest absolute Gasteiger partial charge is 0.240 e. The number of amides is 3. The van der Waals surface area contributed by atoms with Crippen LogP contribution in [0.4, 0.5) is 0 Å². The lowest BCUT2D eigenvalue weighted by atomic mass is 10.4. The van der Waals surface area contributed by atoms with E-state index < -0.39 is 87.4 Å². The van der Waals surface area contributed by atoms with Crippen molar-refractivity contribution in [1.29, 1.82) is 0 Å². The molecule has 1 fully saturated rings. The van der Waals surface area contributed by atoms with Crippen LogP contribution in [0, 0.1) is 0 Å². The first-order valence-electron chi connectivity index (χ1n) is 8.85. The van der Waals surface area contributed by atoms with E-state index in [1.807, 2.05) is 14.2 Å². The predicted molar refractivity (Wildman–Crippen MR) is 116 cm³/mol. The number of rotatable bonds is 12. The average molecular weight is 529 g/mol. The molecule has 3 amide bonds. The Balaban J connectivity index is 3.02. The number of nitrogens with zero attached hydrogens (tertiary/aromatic N) is 3. The van der Waals surface area contributed by atoms with Crippen molar-refractivity contribution in [3.8, 4) is 0 Å². The SMILES string of the molecule is C=CS(=O)(=O)NCC(=O)N1CN(C(=O)CNS(=O)(=O)C=C)CN(C(=O)CNS(=O)(=O)C=C)C1. The molecule has 0 spiro atoms. The van der Waals surface area contributed by atoms with Crippen molar-refractivity contribution in [3.63, 3.8) is 0 Å². The fourth-order valence-corrected chi connectivity index (χ4v) is 3.55. The highest BCUT2D eigenvalue weighted by atomic mass is 32.2. The quantitative estimate of drug-likeness (QED) is 0.230. The highest BCUT2D eigenvalue weighted by Gasteiger charge is 2.32. The summed E-state index contributed by atoms with van der Waals surface area (Å²) in [4.78, 5) is 40.2. The Morgan fingerprint density at radius 3 is 0.970 bits per heavy atom. The molecule has 0 unspecified atom stereocenters. The van der Waals surface area contributed by atoms with E-state index >= 15 is 0 Å². The van der Waals surface area contributed by atoms with Gasteiger partial charge in [0.2, 0.25) is 47.8 Å². The van der Waals surface area contributed by atoms with Crippen LogP contribution in [0.1, 0.15) is 0 Å². The van der Waals surface area contributed by atoms with E-state index in [9.17, 15) is 39.6 Å². The summed E-state index contributed by atoms with van der Waals surface area (Å²) in [6.45, 7) is 5.90. The predicted octanol–water partition coefficient (Wildman–Crippen LogP) is -3.45. The maximum atomic E-state index is 12.5. The Hall–Kier alpha value is -2.64. The monoisotopic (exact) mass is 528 g/mol. The van der Waals surface area contributed by atoms with Crippen LogP contribution < -0.4 is 14.2 Å². The van der Waals surface area contributed by atoms with E-state index in [0.717, 1.165) is 14.7 Å². The zero-order valence-electron chi connectivity index (χ0n) is 17.3. The first kappa shape index (κ1) is 28.4. The van der Waals surface area contributed by atoms with Crippen LogP contribution in [0.15, 0.2) is 36.0 Å². The second-order valence-electron chi connectivity index (χ2n) is 6.32. The number of carbonyl (C=O) groups is 3. The highest BCUT2D eigenvalue weighted by molar-refractivity contribution is 7.92. The van der Waals surface area contributed by atoms with Gasteiger partial charge in [-0.3, -0.25) is 14.4 Å². The van der Waals surface area contributed by atoms with E-state index in [1.165, 1.54) is 0 Å². The molecule has 33 heavy (non-hydrogen) atoms. The maximum Gasteiger partial charge on any atom is 0.240 e. The van der Waals surface area contributed by atoms with Crippen LogP contribution >= 0.6 is 0 Å². The standard InChI is InChI=1S/C15H24N6O9S3/c1-4-31(25,26)16-7-13(22)19-10-20(14(23)8-17-32(27,28)5-2)12-21(11-19)15(24)9-18-33(29,30)6-3/h4-6,16-18H,1-3,7-12H2. The molecule has 0 aromatic rings. The minimum atomic E-state index is -3.94. The van der Waals surface area contributed by atoms with Gasteiger partial charge in [-0.15, -0.1) is 0 Å². The molecule has 15 nitrogen and oxygen atoms in total. The third-order valence-electron chi connectivity index (χ3n) is 4.01. The third kappa shape index (κ3) is 9.40. The average Bonchev–Trinajstić information content (AvgIpc) is 2.79. The van der Waals surface area contributed by atoms with Gasteiger partial charge < -0.3 is 14.7 Å². The lowest BCUT2D eigenvalue weighted by Crippen LogP contribution is -2.62. The molecule has 0 bridgehead atoms. The fraction of sp³-hybridized carbons (Fsp3) is 0.400. The molecule has 1 heterocycles. The normalized spacial score (nSPS) is 15.1. The molecule has 1 rings (SSSR count). The van der Waals surface area contributed by atoms with E-state index in [-0.39, 0.29) is 0 Å². The number of sulfonamides is 3. The van der Waals surface area contributed by atoms with Gasteiger partial charge in [0.25, 0.3) is 0 Å². The topological polar surface area (TPSA) is 199 Å². The molecule has 18 heteroatoms. The first-order valence-corrected chi connectivity index (χ1v) is 13.5. The van der Waals surface area contributed by atoms with Gasteiger partial charge in [-0.2, -0.15) is 0 Å². The van der Waals surface area contributed by atoms with E-state index in [2.05, 4.69) is 19.7 Å². The summed E-state index contributed by atoms with van der Waals surface area (Å²) in [6, 6.07) is 0. The molecule has 3 N–H and O–H groups in total. The molecule has 0 aromatic carbocycles. The van der Waals surface area contributed by atoms with Crippen LogP contribution in [-0.4, -0.2) is 97.3 Å². The minimum absolute atomic E-state index is 0.397. The Labute approximate surface area is 191 Å². The van der Waals surface area contributed by atoms with Crippen molar-refractivity contribution in [2.75, 3.05) is 39.6 Å². The van der Waals surface area contributed by atoms with Crippen molar-refractivity contribution >= 4 is 47.8 Å². The van der Waals surface area contributed by atoms with Gasteiger partial charge in [-0.25, -0.2) is 39.4 Å². The van der Waals surface area contributed by atoms with Gasteiger partial charge in [0.1, 0.15) is 0 Å². The van der Waals surface area contributed by atoms with Crippen LogP contribution in [0.25, 0.3) is 0 Å². The van der Waals surface area contributed by atoms with Gasteiger partial charge in [0, 0.05) is 16.2 Å². The molecule has 0 saturated carbocycles. The Kier molecular flexibility index (Phi) is 9.87. The summed E-state index contributed by atoms with van der Waals surface area (Å²) in [5.41, 5.74) is 0. The zero-order valence-corrected chi connectivity index (χ0v) is 19.8.